The smallest absolute Gasteiger partial charge is 0.270 e. The lowest BCUT2D eigenvalue weighted by molar-refractivity contribution is 0.0996. The summed E-state index contributed by atoms with van der Waals surface area (Å²) >= 11 is 8.68. The highest BCUT2D eigenvalue weighted by molar-refractivity contribution is 8.10. The van der Waals surface area contributed by atoms with Gasteiger partial charge in [-0.1, -0.05) is 23.7 Å². The number of hydrogen-bond acceptors (Lipinski definition) is 7. The van der Waals surface area contributed by atoms with Gasteiger partial charge in [0.15, 0.2) is 11.5 Å². The van der Waals surface area contributed by atoms with Crippen molar-refractivity contribution in [3.8, 4) is 10.4 Å². The van der Waals surface area contributed by atoms with Crippen LogP contribution in [0.5, 0.6) is 0 Å². The van der Waals surface area contributed by atoms with Crippen LogP contribution in [0.25, 0.3) is 20.5 Å². The number of primary amides is 1. The fourth-order valence-corrected chi connectivity index (χ4v) is 4.31. The van der Waals surface area contributed by atoms with Gasteiger partial charge < -0.3 is 9.92 Å². The van der Waals surface area contributed by atoms with Gasteiger partial charge in [-0.2, -0.15) is 0 Å². The van der Waals surface area contributed by atoms with E-state index in [1.165, 1.54) is 23.4 Å². The van der Waals surface area contributed by atoms with E-state index in [1.807, 2.05) is 36.4 Å². The zero-order valence-corrected chi connectivity index (χ0v) is 15.6. The average Bonchev–Trinajstić information content (AvgIpc) is 3.08. The second-order valence-corrected chi connectivity index (χ2v) is 7.68. The van der Waals surface area contributed by atoms with E-state index >= 15 is 0 Å². The third kappa shape index (κ3) is 3.31. The van der Waals surface area contributed by atoms with Crippen LogP contribution in [-0.4, -0.2) is 21.1 Å². The number of halogens is 1. The Hall–Kier alpha value is -2.42. The van der Waals surface area contributed by atoms with Crippen molar-refractivity contribution in [1.29, 1.82) is 0 Å². The number of amides is 1. The molecule has 26 heavy (non-hydrogen) atoms. The standard InChI is InChI=1S/C17H11ClN4O2S2/c18-10-4-1-3-9(7-10)12-8-11-15(25-12)14(16(19)23)21-22-17(11)20-13-5-2-6-24-26-13/h1-4,6-8H,5H2,(H2,19,23). The number of thiophene rings is 1. The van der Waals surface area contributed by atoms with Crippen molar-refractivity contribution in [3.63, 3.8) is 0 Å². The molecular formula is C17H11ClN4O2S2. The van der Waals surface area contributed by atoms with Crippen molar-refractivity contribution in [1.82, 2.24) is 10.2 Å². The van der Waals surface area contributed by atoms with Crippen LogP contribution in [0.1, 0.15) is 16.9 Å². The lowest BCUT2D eigenvalue weighted by atomic mass is 10.1. The van der Waals surface area contributed by atoms with Gasteiger partial charge in [-0.15, -0.1) is 21.5 Å². The molecule has 3 aromatic rings. The summed E-state index contributed by atoms with van der Waals surface area (Å²) in [6.07, 6.45) is 4.13. The monoisotopic (exact) mass is 402 g/mol. The van der Waals surface area contributed by atoms with E-state index in [2.05, 4.69) is 15.2 Å². The minimum absolute atomic E-state index is 0.134. The van der Waals surface area contributed by atoms with Gasteiger partial charge in [-0.3, -0.25) is 4.79 Å². The summed E-state index contributed by atoms with van der Waals surface area (Å²) in [4.78, 5) is 17.2. The van der Waals surface area contributed by atoms with Gasteiger partial charge in [-0.05, 0) is 29.8 Å². The summed E-state index contributed by atoms with van der Waals surface area (Å²) in [7, 11) is 0. The Labute approximate surface area is 161 Å². The molecule has 0 fully saturated rings. The number of rotatable bonds is 3. The topological polar surface area (TPSA) is 90.5 Å². The molecule has 2 N–H and O–H groups in total. The molecular weight excluding hydrogens is 392 g/mol. The molecule has 4 rings (SSSR count). The zero-order valence-electron chi connectivity index (χ0n) is 13.2. The van der Waals surface area contributed by atoms with Crippen LogP contribution in [0.2, 0.25) is 5.02 Å². The summed E-state index contributed by atoms with van der Waals surface area (Å²) in [5.74, 6) is -0.199. The third-order valence-corrected chi connectivity index (χ3v) is 5.68. The van der Waals surface area contributed by atoms with Gasteiger partial charge in [0.05, 0.1) is 11.0 Å². The molecule has 1 aromatic carbocycles. The Bertz CT molecular complexity index is 1080. The molecule has 0 saturated carbocycles. The second-order valence-electron chi connectivity index (χ2n) is 5.36. The van der Waals surface area contributed by atoms with Crippen molar-refractivity contribution in [3.05, 3.63) is 53.4 Å². The Balaban J connectivity index is 1.90. The quantitative estimate of drug-likeness (QED) is 0.640. The summed E-state index contributed by atoms with van der Waals surface area (Å²) in [6, 6.07) is 9.41. The lowest BCUT2D eigenvalue weighted by Gasteiger charge is -2.06. The maximum Gasteiger partial charge on any atom is 0.270 e. The minimum atomic E-state index is -0.625. The van der Waals surface area contributed by atoms with Crippen molar-refractivity contribution in [2.24, 2.45) is 10.7 Å². The molecule has 6 nitrogen and oxygen atoms in total. The predicted octanol–water partition coefficient (Wildman–Crippen LogP) is 4.72. The first-order valence-electron chi connectivity index (χ1n) is 7.53. The molecule has 1 amide bonds. The molecule has 0 atom stereocenters. The Morgan fingerprint density at radius 3 is 2.92 bits per heavy atom. The van der Waals surface area contributed by atoms with E-state index in [9.17, 15) is 4.79 Å². The van der Waals surface area contributed by atoms with E-state index in [-0.39, 0.29) is 5.69 Å². The van der Waals surface area contributed by atoms with E-state index in [4.69, 9.17) is 21.5 Å². The summed E-state index contributed by atoms with van der Waals surface area (Å²) < 4.78 is 5.84. The van der Waals surface area contributed by atoms with Crippen molar-refractivity contribution in [2.45, 2.75) is 6.42 Å². The molecule has 9 heteroatoms. The number of carbonyl (C=O) groups is 1. The van der Waals surface area contributed by atoms with Crippen LogP contribution in [0, 0.1) is 0 Å². The SMILES string of the molecule is NC(=O)c1nnc(N=C2CC=COS2)c2cc(-c3cccc(Cl)c3)sc12. The highest BCUT2D eigenvalue weighted by atomic mass is 35.5. The van der Waals surface area contributed by atoms with Crippen LogP contribution in [0.15, 0.2) is 47.7 Å². The fraction of sp³-hybridized carbons (Fsp3) is 0.0588. The van der Waals surface area contributed by atoms with Gasteiger partial charge in [0.2, 0.25) is 0 Å². The van der Waals surface area contributed by atoms with E-state index in [0.29, 0.717) is 22.0 Å². The molecule has 0 unspecified atom stereocenters. The summed E-state index contributed by atoms with van der Waals surface area (Å²) in [5, 5.41) is 10.2. The predicted molar refractivity (Wildman–Crippen MR) is 106 cm³/mol. The lowest BCUT2D eigenvalue weighted by Crippen LogP contribution is -2.13. The molecule has 0 aliphatic carbocycles. The maximum absolute atomic E-state index is 11.8. The molecule has 0 saturated heterocycles. The molecule has 1 aliphatic heterocycles. The molecule has 2 aromatic heterocycles. The molecule has 1 aliphatic rings. The number of aliphatic imine (C=N–C) groups is 1. The van der Waals surface area contributed by atoms with Gasteiger partial charge in [0.1, 0.15) is 17.1 Å². The van der Waals surface area contributed by atoms with Crippen molar-refractivity contribution >= 4 is 61.8 Å². The van der Waals surface area contributed by atoms with E-state index < -0.39 is 5.91 Å². The molecule has 130 valence electrons. The number of allylic oxidation sites excluding steroid dienone is 1. The van der Waals surface area contributed by atoms with Crippen LogP contribution in [-0.2, 0) is 4.18 Å². The highest BCUT2D eigenvalue weighted by Gasteiger charge is 2.18. The number of aromatic nitrogens is 2. The molecule has 0 spiro atoms. The average molecular weight is 403 g/mol. The number of hydrogen-bond donors (Lipinski definition) is 1. The Morgan fingerprint density at radius 1 is 1.31 bits per heavy atom. The normalized spacial score (nSPS) is 15.3. The number of nitrogens with two attached hydrogens (primary N) is 1. The Morgan fingerprint density at radius 2 is 2.19 bits per heavy atom. The zero-order chi connectivity index (χ0) is 18.1. The molecule has 3 heterocycles. The summed E-state index contributed by atoms with van der Waals surface area (Å²) in [5.41, 5.74) is 6.53. The number of fused-ring (bicyclic) bond motifs is 1. The fourth-order valence-electron chi connectivity index (χ4n) is 2.45. The van der Waals surface area contributed by atoms with Crippen LogP contribution >= 0.6 is 35.0 Å². The van der Waals surface area contributed by atoms with E-state index in [1.54, 1.807) is 6.26 Å². The van der Waals surface area contributed by atoms with E-state index in [0.717, 1.165) is 20.9 Å². The summed E-state index contributed by atoms with van der Waals surface area (Å²) in [6.45, 7) is 0. The first kappa shape index (κ1) is 17.0. The Kier molecular flexibility index (Phi) is 4.62. The first-order chi connectivity index (χ1) is 12.6. The van der Waals surface area contributed by atoms with Gasteiger partial charge in [0, 0.05) is 21.7 Å². The maximum atomic E-state index is 11.8. The van der Waals surface area contributed by atoms with Crippen molar-refractivity contribution in [2.75, 3.05) is 0 Å². The van der Waals surface area contributed by atoms with Crippen LogP contribution in [0.3, 0.4) is 0 Å². The second kappa shape index (κ2) is 7.06. The van der Waals surface area contributed by atoms with Crippen LogP contribution in [0.4, 0.5) is 5.82 Å². The molecule has 0 bridgehead atoms. The first-order valence-corrected chi connectivity index (χ1v) is 9.47. The number of nitrogens with zero attached hydrogens (tertiary/aromatic N) is 3. The number of benzene rings is 1. The van der Waals surface area contributed by atoms with Gasteiger partial charge in [0.25, 0.3) is 5.91 Å². The third-order valence-electron chi connectivity index (χ3n) is 3.59. The van der Waals surface area contributed by atoms with Gasteiger partial charge in [-0.25, -0.2) is 4.99 Å². The minimum Gasteiger partial charge on any atom is -0.427 e. The number of carbonyl (C=O) groups excluding carboxylic acids is 1. The highest BCUT2D eigenvalue weighted by Crippen LogP contribution is 2.39. The van der Waals surface area contributed by atoms with Gasteiger partial charge >= 0.3 is 0 Å². The molecule has 0 radical (unpaired) electrons. The largest absolute Gasteiger partial charge is 0.427 e. The van der Waals surface area contributed by atoms with Crippen molar-refractivity contribution < 1.29 is 8.98 Å². The van der Waals surface area contributed by atoms with Crippen LogP contribution < -0.4 is 5.73 Å².